The van der Waals surface area contributed by atoms with Crippen LogP contribution in [0.3, 0.4) is 0 Å². The molecule has 1 aliphatic heterocycles. The number of rotatable bonds is 13. The van der Waals surface area contributed by atoms with Crippen molar-refractivity contribution in [3.8, 4) is 5.75 Å². The highest BCUT2D eigenvalue weighted by atomic mass is 19.4. The van der Waals surface area contributed by atoms with Gasteiger partial charge < -0.3 is 14.5 Å². The van der Waals surface area contributed by atoms with Crippen molar-refractivity contribution in [2.45, 2.75) is 77.4 Å². The van der Waals surface area contributed by atoms with Crippen molar-refractivity contribution in [2.24, 2.45) is 0 Å². The molecule has 0 aliphatic carbocycles. The molecule has 0 saturated carbocycles. The monoisotopic (exact) mass is 648 g/mol. The number of unbranched alkanes of at least 4 members (excludes halogenated alkanes) is 2. The van der Waals surface area contributed by atoms with Crippen LogP contribution in [0.15, 0.2) is 75.9 Å². The van der Waals surface area contributed by atoms with Crippen LogP contribution in [0.25, 0.3) is 11.0 Å². The van der Waals surface area contributed by atoms with Gasteiger partial charge in [0.1, 0.15) is 11.3 Å². The normalized spacial score (nSPS) is 16.6. The molecule has 0 bridgehead atoms. The van der Waals surface area contributed by atoms with E-state index in [9.17, 15) is 27.6 Å². The number of carbonyl (C=O) groups excluding carboxylic acids is 2. The number of aryl methyl sites for hydroxylation is 3. The molecule has 0 radical (unpaired) electrons. The number of urea groups is 1. The second-order valence-corrected chi connectivity index (χ2v) is 12.0. The van der Waals surface area contributed by atoms with Crippen LogP contribution in [0, 0.1) is 6.92 Å². The van der Waals surface area contributed by atoms with Gasteiger partial charge in [-0.15, -0.1) is 0 Å². The molecule has 7 nitrogen and oxygen atoms in total. The van der Waals surface area contributed by atoms with Gasteiger partial charge in [0.2, 0.25) is 0 Å². The van der Waals surface area contributed by atoms with Crippen molar-refractivity contribution in [1.29, 1.82) is 0 Å². The fourth-order valence-corrected chi connectivity index (χ4v) is 6.31. The zero-order valence-electron chi connectivity index (χ0n) is 26.8. The molecule has 47 heavy (non-hydrogen) atoms. The number of nitrogens with zero attached hydrogens (tertiary/aromatic N) is 1. The Bertz CT molecular complexity index is 1800. The van der Waals surface area contributed by atoms with Gasteiger partial charge in [0.05, 0.1) is 12.2 Å². The maximum Gasteiger partial charge on any atom is 0.417 e. The van der Waals surface area contributed by atoms with Crippen LogP contribution < -0.4 is 15.7 Å². The number of halogens is 3. The summed E-state index contributed by atoms with van der Waals surface area (Å²) in [4.78, 5) is 40.6. The van der Waals surface area contributed by atoms with Crippen molar-refractivity contribution in [3.63, 3.8) is 0 Å². The predicted octanol–water partition coefficient (Wildman–Crippen LogP) is 8.07. The lowest BCUT2D eigenvalue weighted by Gasteiger charge is -2.28. The first-order valence-electron chi connectivity index (χ1n) is 16.1. The fraction of sp³-hybridized carbons (Fsp3) is 0.378. The molecule has 5 rings (SSSR count). The largest absolute Gasteiger partial charge is 0.493 e. The summed E-state index contributed by atoms with van der Waals surface area (Å²) >= 11 is 0. The van der Waals surface area contributed by atoms with Gasteiger partial charge in [-0.3, -0.25) is 9.69 Å². The van der Waals surface area contributed by atoms with E-state index in [1.165, 1.54) is 11.0 Å². The lowest BCUT2D eigenvalue weighted by atomic mass is 9.82. The molecule has 1 aliphatic rings. The average molecular weight is 649 g/mol. The number of hydrogen-bond donors (Lipinski definition) is 1. The van der Waals surface area contributed by atoms with Crippen molar-refractivity contribution >= 4 is 22.9 Å². The lowest BCUT2D eigenvalue weighted by Crippen LogP contribution is -2.45. The molecule has 3 amide bonds. The molecule has 0 spiro atoms. The standard InChI is InChI=1S/C37H39F3N2O5/c1-4-12-25-22-29-30(37(38,39)40)23-31(43)47-33(29)28(13-5-2)32(25)46-21-11-7-10-20-42-34(44)36(41-35(42)45,26-14-8-6-9-15-26)27-18-16-24(3)17-19-27/h6,8-9,14-19,22-23H,4-5,7,10-13,20-21H2,1-3H3,(H,41,45). The Kier molecular flexibility index (Phi) is 10.1. The number of alkyl halides is 3. The number of imide groups is 1. The minimum absolute atomic E-state index is 0.0874. The van der Waals surface area contributed by atoms with Crippen LogP contribution in [-0.4, -0.2) is 30.0 Å². The summed E-state index contributed by atoms with van der Waals surface area (Å²) in [5.74, 6) is 0.126. The van der Waals surface area contributed by atoms with Gasteiger partial charge in [-0.2, -0.15) is 13.2 Å². The molecule has 1 saturated heterocycles. The molecule has 10 heteroatoms. The third-order valence-electron chi connectivity index (χ3n) is 8.55. The van der Waals surface area contributed by atoms with Crippen LogP contribution in [-0.2, 0) is 29.4 Å². The fourth-order valence-electron chi connectivity index (χ4n) is 6.31. The molecule has 2 heterocycles. The van der Waals surface area contributed by atoms with Crippen LogP contribution in [0.4, 0.5) is 18.0 Å². The maximum atomic E-state index is 14.0. The first-order chi connectivity index (χ1) is 22.5. The molecular weight excluding hydrogens is 609 g/mol. The molecule has 1 aromatic heterocycles. The van der Waals surface area contributed by atoms with E-state index in [1.54, 1.807) is 0 Å². The number of amides is 3. The third-order valence-corrected chi connectivity index (χ3v) is 8.55. The highest BCUT2D eigenvalue weighted by molar-refractivity contribution is 6.09. The van der Waals surface area contributed by atoms with E-state index in [0.29, 0.717) is 79.0 Å². The second kappa shape index (κ2) is 14.0. The molecule has 4 aromatic rings. The first-order valence-corrected chi connectivity index (χ1v) is 16.1. The van der Waals surface area contributed by atoms with Crippen molar-refractivity contribution in [3.05, 3.63) is 111 Å². The SMILES string of the molecule is CCCc1cc2c(C(F)(F)F)cc(=O)oc2c(CCC)c1OCCCCCN1C(=O)NC(c2ccccc2)(c2ccc(C)cc2)C1=O. The molecule has 248 valence electrons. The Labute approximate surface area is 271 Å². The molecule has 3 aromatic carbocycles. The number of nitrogens with one attached hydrogen (secondary N) is 1. The van der Waals surface area contributed by atoms with E-state index in [1.807, 2.05) is 75.4 Å². The summed E-state index contributed by atoms with van der Waals surface area (Å²) in [6.45, 7) is 6.27. The topological polar surface area (TPSA) is 88.8 Å². The number of fused-ring (bicyclic) bond motifs is 1. The Balaban J connectivity index is 1.30. The predicted molar refractivity (Wildman–Crippen MR) is 173 cm³/mol. The van der Waals surface area contributed by atoms with Crippen LogP contribution in [0.5, 0.6) is 5.75 Å². The highest BCUT2D eigenvalue weighted by Crippen LogP contribution is 2.40. The minimum Gasteiger partial charge on any atom is -0.493 e. The van der Waals surface area contributed by atoms with Gasteiger partial charge in [-0.25, -0.2) is 9.59 Å². The summed E-state index contributed by atoms with van der Waals surface area (Å²) in [6, 6.07) is 18.2. The number of carbonyl (C=O) groups is 2. The second-order valence-electron chi connectivity index (χ2n) is 12.0. The Morgan fingerprint density at radius 2 is 1.55 bits per heavy atom. The van der Waals surface area contributed by atoms with E-state index in [4.69, 9.17) is 9.15 Å². The first kappa shape index (κ1) is 33.8. The molecule has 1 unspecified atom stereocenters. The van der Waals surface area contributed by atoms with Crippen molar-refractivity contribution in [1.82, 2.24) is 10.2 Å². The molecule has 1 N–H and O–H groups in total. The van der Waals surface area contributed by atoms with Crippen LogP contribution >= 0.6 is 0 Å². The van der Waals surface area contributed by atoms with Crippen LogP contribution in [0.1, 0.15) is 79.3 Å². The summed E-state index contributed by atoms with van der Waals surface area (Å²) in [7, 11) is 0. The lowest BCUT2D eigenvalue weighted by molar-refractivity contribution is -0.136. The van der Waals surface area contributed by atoms with E-state index in [0.717, 1.165) is 5.56 Å². The zero-order chi connectivity index (χ0) is 33.8. The van der Waals surface area contributed by atoms with Crippen LogP contribution in [0.2, 0.25) is 0 Å². The minimum atomic E-state index is -4.71. The van der Waals surface area contributed by atoms with Crippen molar-refractivity contribution in [2.75, 3.05) is 13.2 Å². The maximum absolute atomic E-state index is 14.0. The third kappa shape index (κ3) is 6.77. The van der Waals surface area contributed by atoms with Gasteiger partial charge in [0.25, 0.3) is 5.91 Å². The summed E-state index contributed by atoms with van der Waals surface area (Å²) in [5.41, 5.74) is 0.0172. The molecule has 1 fully saturated rings. The Morgan fingerprint density at radius 3 is 2.21 bits per heavy atom. The van der Waals surface area contributed by atoms with Crippen molar-refractivity contribution < 1.29 is 31.9 Å². The average Bonchev–Trinajstić information content (AvgIpc) is 3.29. The van der Waals surface area contributed by atoms with Gasteiger partial charge in [-0.1, -0.05) is 86.8 Å². The Hall–Kier alpha value is -4.60. The van der Waals surface area contributed by atoms with Gasteiger partial charge >= 0.3 is 17.8 Å². The van der Waals surface area contributed by atoms with Gasteiger partial charge in [0, 0.05) is 23.6 Å². The van der Waals surface area contributed by atoms with E-state index >= 15 is 0 Å². The quantitative estimate of drug-likeness (QED) is 0.0900. The summed E-state index contributed by atoms with van der Waals surface area (Å²) in [5, 5.41) is 2.84. The van der Waals surface area contributed by atoms with Gasteiger partial charge in [0.15, 0.2) is 5.54 Å². The molecular formula is C37H39F3N2O5. The van der Waals surface area contributed by atoms with E-state index < -0.39 is 28.9 Å². The number of hydrogen-bond acceptors (Lipinski definition) is 5. The highest BCUT2D eigenvalue weighted by Gasteiger charge is 2.53. The zero-order valence-corrected chi connectivity index (χ0v) is 26.8. The number of benzene rings is 3. The summed E-state index contributed by atoms with van der Waals surface area (Å²) < 4.78 is 53.2. The van der Waals surface area contributed by atoms with Gasteiger partial charge in [-0.05, 0) is 61.8 Å². The Morgan fingerprint density at radius 1 is 0.872 bits per heavy atom. The van der Waals surface area contributed by atoms with E-state index in [-0.39, 0.29) is 30.0 Å². The number of ether oxygens (including phenoxy) is 1. The molecule has 1 atom stereocenters. The van der Waals surface area contributed by atoms with E-state index in [2.05, 4.69) is 5.32 Å². The smallest absolute Gasteiger partial charge is 0.417 e. The summed E-state index contributed by atoms with van der Waals surface area (Å²) in [6.07, 6.45) is -0.798.